The highest BCUT2D eigenvalue weighted by molar-refractivity contribution is 7.91. The zero-order valence-corrected chi connectivity index (χ0v) is 33.7. The second-order valence-corrected chi connectivity index (χ2v) is 18.6. The minimum atomic E-state index is -3.91. The molecule has 4 amide bonds. The van der Waals surface area contributed by atoms with Crippen LogP contribution in [0.25, 0.3) is 22.2 Å². The van der Waals surface area contributed by atoms with Crippen molar-refractivity contribution in [1.29, 1.82) is 0 Å². The number of alkyl carbamates (subject to hydrolysis) is 1. The molecule has 15 heteroatoms. The fourth-order valence-corrected chi connectivity index (χ4v) is 9.18. The van der Waals surface area contributed by atoms with Gasteiger partial charge in [-0.2, -0.15) is 0 Å². The second-order valence-electron chi connectivity index (χ2n) is 16.6. The molecule has 0 unspecified atom stereocenters. The van der Waals surface area contributed by atoms with E-state index in [1.807, 2.05) is 48.5 Å². The Bertz CT molecular complexity index is 2190. The first-order chi connectivity index (χ1) is 27.1. The minimum Gasteiger partial charge on any atom is -0.496 e. The highest BCUT2D eigenvalue weighted by atomic mass is 32.2. The summed E-state index contributed by atoms with van der Waals surface area (Å²) < 4.78 is 45.9. The lowest BCUT2D eigenvalue weighted by molar-refractivity contribution is -0.142. The smallest absolute Gasteiger partial charge is 0.407 e. The summed E-state index contributed by atoms with van der Waals surface area (Å²) in [4.78, 5) is 62.3. The van der Waals surface area contributed by atoms with Crippen molar-refractivity contribution < 1.29 is 41.8 Å². The molecule has 14 nitrogen and oxygen atoms in total. The second kappa shape index (κ2) is 15.6. The number of rotatable bonds is 8. The largest absolute Gasteiger partial charge is 0.496 e. The number of nitrogens with zero attached hydrogens (tertiary/aromatic N) is 2. The number of fused-ring (bicyclic) bond motifs is 3. The average molecular weight is 802 g/mol. The zero-order valence-electron chi connectivity index (χ0n) is 32.8. The number of carbonyl (C=O) groups is 4. The number of carbonyl (C=O) groups excluding carboxylic acids is 4. The molecule has 0 radical (unpaired) electrons. The number of benzene rings is 2. The molecule has 0 spiro atoms. The van der Waals surface area contributed by atoms with E-state index in [1.54, 1.807) is 27.9 Å². The lowest BCUT2D eigenvalue weighted by Crippen LogP contribution is -2.60. The Morgan fingerprint density at radius 3 is 2.51 bits per heavy atom. The maximum absolute atomic E-state index is 14.7. The summed E-state index contributed by atoms with van der Waals surface area (Å²) >= 11 is 0. The van der Waals surface area contributed by atoms with Crippen molar-refractivity contribution in [3.63, 3.8) is 0 Å². The molecule has 4 bridgehead atoms. The molecular formula is C42H51N5O9S. The van der Waals surface area contributed by atoms with Crippen molar-refractivity contribution in [3.8, 4) is 22.8 Å². The predicted molar refractivity (Wildman–Crippen MR) is 213 cm³/mol. The van der Waals surface area contributed by atoms with E-state index in [0.717, 1.165) is 29.4 Å². The van der Waals surface area contributed by atoms with Gasteiger partial charge < -0.3 is 29.7 Å². The van der Waals surface area contributed by atoms with E-state index in [2.05, 4.69) is 21.9 Å². The maximum atomic E-state index is 14.7. The highest BCUT2D eigenvalue weighted by Gasteiger charge is 2.62. The average Bonchev–Trinajstić information content (AvgIpc) is 4.11. The van der Waals surface area contributed by atoms with Gasteiger partial charge in [-0.3, -0.25) is 19.1 Å². The third-order valence-corrected chi connectivity index (χ3v) is 13.2. The van der Waals surface area contributed by atoms with Gasteiger partial charge in [-0.25, -0.2) is 18.2 Å². The van der Waals surface area contributed by atoms with Gasteiger partial charge in [0.05, 0.1) is 36.7 Å². The quantitative estimate of drug-likeness (QED) is 0.268. The Morgan fingerprint density at radius 2 is 1.84 bits per heavy atom. The number of amides is 4. The summed E-state index contributed by atoms with van der Waals surface area (Å²) in [6.45, 7) is 9.33. The van der Waals surface area contributed by atoms with Crippen LogP contribution in [-0.2, 0) is 35.6 Å². The molecule has 57 heavy (non-hydrogen) atoms. The molecule has 304 valence electrons. The zero-order chi connectivity index (χ0) is 40.7. The summed E-state index contributed by atoms with van der Waals surface area (Å²) in [7, 11) is -2.29. The van der Waals surface area contributed by atoms with Gasteiger partial charge >= 0.3 is 6.09 Å². The molecule has 3 heterocycles. The summed E-state index contributed by atoms with van der Waals surface area (Å²) in [5.74, 6) is -1.37. The molecule has 5 atom stereocenters. The van der Waals surface area contributed by atoms with Gasteiger partial charge in [0.1, 0.15) is 35.2 Å². The van der Waals surface area contributed by atoms with Crippen LogP contribution in [0.15, 0.2) is 61.2 Å². The molecule has 2 saturated carbocycles. The molecule has 4 aliphatic rings. The number of hydrogen-bond acceptors (Lipinski definition) is 10. The van der Waals surface area contributed by atoms with Crippen molar-refractivity contribution in [2.24, 2.45) is 11.3 Å². The molecule has 2 aliphatic heterocycles. The van der Waals surface area contributed by atoms with Crippen LogP contribution >= 0.6 is 0 Å². The van der Waals surface area contributed by atoms with Crippen LogP contribution in [-0.4, -0.2) is 91.4 Å². The van der Waals surface area contributed by atoms with E-state index in [0.29, 0.717) is 48.4 Å². The van der Waals surface area contributed by atoms with E-state index < -0.39 is 74.1 Å². The molecule has 2 aromatic carbocycles. The van der Waals surface area contributed by atoms with Crippen LogP contribution in [0.5, 0.6) is 11.5 Å². The van der Waals surface area contributed by atoms with Crippen LogP contribution in [0.1, 0.15) is 71.3 Å². The van der Waals surface area contributed by atoms with E-state index in [4.69, 9.17) is 19.2 Å². The highest BCUT2D eigenvalue weighted by Crippen LogP contribution is 2.46. The van der Waals surface area contributed by atoms with E-state index in [-0.39, 0.29) is 26.0 Å². The van der Waals surface area contributed by atoms with Crippen LogP contribution in [0.3, 0.4) is 0 Å². The van der Waals surface area contributed by atoms with Crippen LogP contribution < -0.4 is 24.8 Å². The summed E-state index contributed by atoms with van der Waals surface area (Å²) in [6.07, 6.45) is 4.00. The number of aromatic nitrogens is 1. The maximum Gasteiger partial charge on any atom is 0.407 e. The van der Waals surface area contributed by atoms with Crippen LogP contribution in [0.2, 0.25) is 0 Å². The summed E-state index contributed by atoms with van der Waals surface area (Å²) in [5.41, 5.74) is 0.745. The molecule has 3 N–H and O–H groups in total. The number of hydrogen-bond donors (Lipinski definition) is 3. The number of pyridine rings is 1. The monoisotopic (exact) mass is 801 g/mol. The van der Waals surface area contributed by atoms with Gasteiger partial charge in [0.25, 0.3) is 5.91 Å². The van der Waals surface area contributed by atoms with Gasteiger partial charge in [0.2, 0.25) is 21.8 Å². The third-order valence-electron chi connectivity index (χ3n) is 11.3. The number of nitrogens with one attached hydrogen (secondary N) is 3. The Morgan fingerprint density at radius 1 is 1.09 bits per heavy atom. The SMILES string of the molecule is C=C[C@H]1C[C@]1(NC(=O)[C@@H]1C[C@@H]2CN1C(=O)[C@H](C(C)(C)C)NC(=O)OCCCCCc1cc3c(cc(-c4ccccc4)nc3cc1OC)O2)C(=O)NS(=O)(=O)C1CC1. The number of methoxy groups -OCH3 is 1. The fourth-order valence-electron chi connectivity index (χ4n) is 7.81. The molecule has 2 aliphatic carbocycles. The number of sulfonamides is 1. The Hall–Kier alpha value is -5.18. The van der Waals surface area contributed by atoms with E-state index in [9.17, 15) is 27.6 Å². The molecule has 3 aromatic rings. The lowest BCUT2D eigenvalue weighted by atomic mass is 9.85. The lowest BCUT2D eigenvalue weighted by Gasteiger charge is -2.35. The molecule has 7 rings (SSSR count). The van der Waals surface area contributed by atoms with Gasteiger partial charge in [0, 0.05) is 35.4 Å². The molecular weight excluding hydrogens is 751 g/mol. The number of cyclic esters (lactones) is 1. The Balaban J connectivity index is 1.28. The normalized spacial score (nSPS) is 25.6. The van der Waals surface area contributed by atoms with E-state index >= 15 is 0 Å². The summed E-state index contributed by atoms with van der Waals surface area (Å²) in [6, 6.07) is 13.2. The first-order valence-corrected chi connectivity index (χ1v) is 21.2. The molecule has 1 aromatic heterocycles. The van der Waals surface area contributed by atoms with E-state index in [1.165, 1.54) is 11.0 Å². The van der Waals surface area contributed by atoms with Crippen molar-refractivity contribution >= 4 is 44.7 Å². The fraction of sp³-hybridized carbons (Fsp3) is 0.500. The summed E-state index contributed by atoms with van der Waals surface area (Å²) in [5, 5.41) is 5.68. The van der Waals surface area contributed by atoms with Crippen molar-refractivity contribution in [3.05, 3.63) is 66.7 Å². The van der Waals surface area contributed by atoms with Gasteiger partial charge in [-0.1, -0.05) is 57.2 Å². The first kappa shape index (κ1) is 40.0. The van der Waals surface area contributed by atoms with Crippen LogP contribution in [0.4, 0.5) is 4.79 Å². The first-order valence-electron chi connectivity index (χ1n) is 19.6. The Kier molecular flexibility index (Phi) is 11.0. The van der Waals surface area contributed by atoms with Crippen molar-refractivity contribution in [2.75, 3.05) is 20.3 Å². The van der Waals surface area contributed by atoms with Crippen molar-refractivity contribution in [1.82, 2.24) is 25.2 Å². The topological polar surface area (TPSA) is 182 Å². The van der Waals surface area contributed by atoms with Gasteiger partial charge in [0.15, 0.2) is 0 Å². The predicted octanol–water partition coefficient (Wildman–Crippen LogP) is 4.80. The molecule has 1 saturated heterocycles. The van der Waals surface area contributed by atoms with Gasteiger partial charge in [-0.05, 0) is 62.0 Å². The Labute approximate surface area is 333 Å². The van der Waals surface area contributed by atoms with Crippen LogP contribution in [0, 0.1) is 11.3 Å². The van der Waals surface area contributed by atoms with Crippen molar-refractivity contribution in [2.45, 2.75) is 101 Å². The van der Waals surface area contributed by atoms with Gasteiger partial charge in [-0.15, -0.1) is 6.58 Å². The molecule has 3 fully saturated rings. The number of ether oxygens (including phenoxy) is 3. The minimum absolute atomic E-state index is 0.0310. The standard InChI is InChI=1S/C42H51N5O9S/c1-6-27-23-42(27,39(50)46-57(52,53)29-16-17-29)45-37(48)33-20-28-24-47(33)38(49)36(41(2,3)4)44-40(51)55-18-12-8-11-15-26-19-30-32(22-34(26)54-5)43-31(21-35(30)56-28)25-13-9-7-10-14-25/h6-7,9-10,13-14,19,21-22,27-29,33,36H,1,8,11-12,15-18,20,23-24H2,2-5H3,(H,44,51)(H,45,48)(H,46,50)/t27-,28+,33-,36+,42+/m0/s1. The number of aryl methyl sites for hydroxylation is 1. The third kappa shape index (κ3) is 8.44.